The Morgan fingerprint density at radius 3 is 2.28 bits per heavy atom. The lowest BCUT2D eigenvalue weighted by atomic mass is 9.65. The molecule has 29 heavy (non-hydrogen) atoms. The molecule has 0 radical (unpaired) electrons. The molecule has 164 valence electrons. The molecule has 0 aromatic carbocycles. The highest BCUT2D eigenvalue weighted by Gasteiger charge is 2.54. The van der Waals surface area contributed by atoms with Gasteiger partial charge in [0.05, 0.1) is 0 Å². The molecule has 2 aliphatic carbocycles. The van der Waals surface area contributed by atoms with Crippen LogP contribution in [-0.4, -0.2) is 52.8 Å². The zero-order valence-electron chi connectivity index (χ0n) is 18.9. The summed E-state index contributed by atoms with van der Waals surface area (Å²) in [6.45, 7) is 8.90. The van der Waals surface area contributed by atoms with E-state index in [2.05, 4.69) is 33.0 Å². The van der Waals surface area contributed by atoms with Gasteiger partial charge in [0, 0.05) is 13.1 Å². The fourth-order valence-electron chi connectivity index (χ4n) is 5.42. The van der Waals surface area contributed by atoms with Crippen molar-refractivity contribution >= 4 is 17.8 Å². The first-order chi connectivity index (χ1) is 13.6. The Morgan fingerprint density at radius 1 is 1.14 bits per heavy atom. The zero-order valence-corrected chi connectivity index (χ0v) is 18.9. The fourth-order valence-corrected chi connectivity index (χ4v) is 5.42. The second-order valence-corrected chi connectivity index (χ2v) is 10.4. The fraction of sp³-hybridized carbons (Fsp3) is 0.870. The lowest BCUT2D eigenvalue weighted by molar-refractivity contribution is -0.140. The molecule has 3 aliphatic rings. The second-order valence-electron chi connectivity index (χ2n) is 10.4. The standard InChI is InChI=1S/C23H39N3O3/c1-6-22(3,4)17-11-13-23(14-12-17)20(28)26(21(29)24-23)15-19(27)25(5)18-9-7-16(2)8-10-18/h16-18H,6-15H2,1-5H3,(H,24,29). The number of hydrogen-bond acceptors (Lipinski definition) is 3. The summed E-state index contributed by atoms with van der Waals surface area (Å²) < 4.78 is 0. The Kier molecular flexibility index (Phi) is 6.30. The maximum absolute atomic E-state index is 13.2. The van der Waals surface area contributed by atoms with Crippen molar-refractivity contribution in [3.63, 3.8) is 0 Å². The molecule has 0 bridgehead atoms. The van der Waals surface area contributed by atoms with Gasteiger partial charge in [-0.3, -0.25) is 14.5 Å². The van der Waals surface area contributed by atoms with E-state index < -0.39 is 11.6 Å². The van der Waals surface area contributed by atoms with Crippen LogP contribution in [0.15, 0.2) is 0 Å². The van der Waals surface area contributed by atoms with Crippen molar-refractivity contribution in [3.8, 4) is 0 Å². The topological polar surface area (TPSA) is 69.7 Å². The van der Waals surface area contributed by atoms with Gasteiger partial charge in [0.1, 0.15) is 12.1 Å². The molecule has 1 aliphatic heterocycles. The molecule has 0 atom stereocenters. The average molecular weight is 406 g/mol. The summed E-state index contributed by atoms with van der Waals surface area (Å²) in [5, 5.41) is 2.96. The van der Waals surface area contributed by atoms with Gasteiger partial charge in [-0.25, -0.2) is 4.79 Å². The molecule has 4 amide bonds. The normalized spacial score (nSPS) is 33.1. The van der Waals surface area contributed by atoms with Crippen LogP contribution < -0.4 is 5.32 Å². The number of likely N-dealkylation sites (N-methyl/N-ethyl adjacent to an activating group) is 1. The first-order valence-electron chi connectivity index (χ1n) is 11.5. The van der Waals surface area contributed by atoms with Crippen LogP contribution in [0.2, 0.25) is 0 Å². The first-order valence-corrected chi connectivity index (χ1v) is 11.5. The molecule has 1 saturated heterocycles. The van der Waals surface area contributed by atoms with Gasteiger partial charge in [-0.05, 0) is 68.6 Å². The number of carbonyl (C=O) groups excluding carboxylic acids is 3. The SMILES string of the molecule is CCC(C)(C)C1CCC2(CC1)NC(=O)N(CC(=O)N(C)C1CCC(C)CC1)C2=O. The average Bonchev–Trinajstić information content (AvgIpc) is 2.92. The van der Waals surface area contributed by atoms with Crippen molar-refractivity contribution in [1.82, 2.24) is 15.1 Å². The summed E-state index contributed by atoms with van der Waals surface area (Å²) >= 11 is 0. The Morgan fingerprint density at radius 2 is 1.72 bits per heavy atom. The zero-order chi connectivity index (χ0) is 21.4. The largest absolute Gasteiger partial charge is 0.341 e. The highest BCUT2D eigenvalue weighted by Crippen LogP contribution is 2.45. The van der Waals surface area contributed by atoms with Crippen LogP contribution in [0.1, 0.15) is 85.5 Å². The number of amides is 4. The van der Waals surface area contributed by atoms with Crippen molar-refractivity contribution in [2.45, 2.75) is 97.1 Å². The van der Waals surface area contributed by atoms with E-state index in [-0.39, 0.29) is 29.8 Å². The Balaban J connectivity index is 1.60. The molecule has 3 fully saturated rings. The van der Waals surface area contributed by atoms with Gasteiger partial charge in [0.15, 0.2) is 0 Å². The molecule has 1 heterocycles. The van der Waals surface area contributed by atoms with Crippen molar-refractivity contribution in [3.05, 3.63) is 0 Å². The van der Waals surface area contributed by atoms with Crippen LogP contribution in [0, 0.1) is 17.3 Å². The van der Waals surface area contributed by atoms with E-state index in [4.69, 9.17) is 0 Å². The van der Waals surface area contributed by atoms with Gasteiger partial charge in [-0.2, -0.15) is 0 Å². The molecule has 0 aromatic heterocycles. The van der Waals surface area contributed by atoms with Gasteiger partial charge in [0.2, 0.25) is 5.91 Å². The van der Waals surface area contributed by atoms with Crippen LogP contribution in [0.25, 0.3) is 0 Å². The minimum absolute atomic E-state index is 0.133. The van der Waals surface area contributed by atoms with Crippen molar-refractivity contribution in [1.29, 1.82) is 0 Å². The summed E-state index contributed by atoms with van der Waals surface area (Å²) in [6.07, 6.45) is 8.60. The van der Waals surface area contributed by atoms with E-state index in [0.717, 1.165) is 49.8 Å². The quantitative estimate of drug-likeness (QED) is 0.704. The summed E-state index contributed by atoms with van der Waals surface area (Å²) in [4.78, 5) is 41.5. The smallest absolute Gasteiger partial charge is 0.325 e. The number of hydrogen-bond donors (Lipinski definition) is 1. The van der Waals surface area contributed by atoms with E-state index >= 15 is 0 Å². The monoisotopic (exact) mass is 405 g/mol. The van der Waals surface area contributed by atoms with Crippen LogP contribution in [0.5, 0.6) is 0 Å². The Bertz CT molecular complexity index is 644. The van der Waals surface area contributed by atoms with Gasteiger partial charge < -0.3 is 10.2 Å². The first kappa shape index (κ1) is 22.1. The molecule has 0 unspecified atom stereocenters. The number of nitrogens with one attached hydrogen (secondary N) is 1. The van der Waals surface area contributed by atoms with Crippen molar-refractivity contribution in [2.24, 2.45) is 17.3 Å². The van der Waals surface area contributed by atoms with E-state index in [0.29, 0.717) is 24.7 Å². The third-order valence-electron chi connectivity index (χ3n) is 8.32. The minimum atomic E-state index is -0.795. The number of nitrogens with zero attached hydrogens (tertiary/aromatic N) is 2. The van der Waals surface area contributed by atoms with Gasteiger partial charge in [-0.15, -0.1) is 0 Å². The van der Waals surface area contributed by atoms with Gasteiger partial charge in [0.25, 0.3) is 5.91 Å². The molecule has 6 nitrogen and oxygen atoms in total. The number of carbonyl (C=O) groups is 3. The second kappa shape index (κ2) is 8.27. The van der Waals surface area contributed by atoms with E-state index in [1.54, 1.807) is 4.90 Å². The van der Waals surface area contributed by atoms with E-state index in [1.807, 2.05) is 7.05 Å². The summed E-state index contributed by atoms with van der Waals surface area (Å²) in [6, 6.07) is -0.178. The van der Waals surface area contributed by atoms with Gasteiger partial charge >= 0.3 is 6.03 Å². The summed E-state index contributed by atoms with van der Waals surface area (Å²) in [5.41, 5.74) is -0.542. The maximum atomic E-state index is 13.2. The molecule has 1 N–H and O–H groups in total. The van der Waals surface area contributed by atoms with Crippen LogP contribution in [0.3, 0.4) is 0 Å². The van der Waals surface area contributed by atoms with Crippen LogP contribution in [-0.2, 0) is 9.59 Å². The number of urea groups is 1. The number of imide groups is 1. The molecule has 2 saturated carbocycles. The molecule has 6 heteroatoms. The highest BCUT2D eigenvalue weighted by molar-refractivity contribution is 6.09. The molecule has 3 rings (SSSR count). The summed E-state index contributed by atoms with van der Waals surface area (Å²) in [5.74, 6) is 0.951. The predicted molar refractivity (Wildman–Crippen MR) is 113 cm³/mol. The highest BCUT2D eigenvalue weighted by atomic mass is 16.2. The molecular weight excluding hydrogens is 366 g/mol. The molecule has 0 aromatic rings. The Hall–Kier alpha value is -1.59. The Labute approximate surface area is 175 Å². The third-order valence-corrected chi connectivity index (χ3v) is 8.32. The molecule has 1 spiro atoms. The maximum Gasteiger partial charge on any atom is 0.325 e. The minimum Gasteiger partial charge on any atom is -0.341 e. The third kappa shape index (κ3) is 4.31. The van der Waals surface area contributed by atoms with Crippen molar-refractivity contribution in [2.75, 3.05) is 13.6 Å². The van der Waals surface area contributed by atoms with Gasteiger partial charge in [-0.1, -0.05) is 34.1 Å². The van der Waals surface area contributed by atoms with Crippen molar-refractivity contribution < 1.29 is 14.4 Å². The van der Waals surface area contributed by atoms with Crippen LogP contribution >= 0.6 is 0 Å². The lowest BCUT2D eigenvalue weighted by Gasteiger charge is -2.42. The van der Waals surface area contributed by atoms with E-state index in [1.165, 1.54) is 0 Å². The van der Waals surface area contributed by atoms with E-state index in [9.17, 15) is 14.4 Å². The predicted octanol–water partition coefficient (Wildman–Crippen LogP) is 3.94. The number of rotatable bonds is 5. The summed E-state index contributed by atoms with van der Waals surface area (Å²) in [7, 11) is 1.81. The van der Waals surface area contributed by atoms with Crippen LogP contribution in [0.4, 0.5) is 4.79 Å². The molecular formula is C23H39N3O3. The lowest BCUT2D eigenvalue weighted by Crippen LogP contribution is -2.51.